The third-order valence-electron chi connectivity index (χ3n) is 7.41. The van der Waals surface area contributed by atoms with Crippen LogP contribution in [0.2, 0.25) is 5.02 Å². The van der Waals surface area contributed by atoms with Crippen molar-refractivity contribution in [3.63, 3.8) is 0 Å². The molecular weight excluding hydrogens is 634 g/mol. The first-order valence-corrected chi connectivity index (χ1v) is 16.7. The fraction of sp³-hybridized carbons (Fsp3) is 0.273. The second-order valence-electron chi connectivity index (χ2n) is 10.4. The largest absolute Gasteiger partial charge is 0.507 e. The van der Waals surface area contributed by atoms with E-state index in [4.69, 9.17) is 25.8 Å². The number of ketones is 1. The lowest BCUT2D eigenvalue weighted by Gasteiger charge is -2.23. The van der Waals surface area contributed by atoms with Gasteiger partial charge in [-0.3, -0.25) is 14.5 Å². The lowest BCUT2D eigenvalue weighted by atomic mass is 9.94. The normalized spacial score (nSPS) is 18.6. The van der Waals surface area contributed by atoms with Gasteiger partial charge in [0.05, 0.1) is 24.8 Å². The minimum absolute atomic E-state index is 0.00574. The van der Waals surface area contributed by atoms with E-state index in [1.807, 2.05) is 45.0 Å². The number of anilines is 1. The summed E-state index contributed by atoms with van der Waals surface area (Å²) in [6.45, 7) is 6.50. The predicted octanol–water partition coefficient (Wildman–Crippen LogP) is 7.23. The van der Waals surface area contributed by atoms with Crippen LogP contribution in [-0.4, -0.2) is 46.3 Å². The number of ether oxygens (including phenoxy) is 3. The van der Waals surface area contributed by atoms with Crippen LogP contribution in [0.4, 0.5) is 5.13 Å². The van der Waals surface area contributed by atoms with E-state index in [2.05, 4.69) is 10.2 Å². The number of amides is 1. The highest BCUT2D eigenvalue weighted by molar-refractivity contribution is 8.00. The molecule has 0 saturated carbocycles. The molecule has 3 aromatic carbocycles. The number of aliphatic hydroxyl groups is 1. The number of benzene rings is 3. The van der Waals surface area contributed by atoms with Crippen molar-refractivity contribution in [1.29, 1.82) is 0 Å². The molecule has 2 aliphatic heterocycles. The van der Waals surface area contributed by atoms with Crippen molar-refractivity contribution in [3.8, 4) is 17.2 Å². The average Bonchev–Trinajstić information content (AvgIpc) is 3.72. The van der Waals surface area contributed by atoms with Crippen LogP contribution in [0, 0.1) is 0 Å². The Kier molecular flexibility index (Phi) is 9.02. The molecule has 0 radical (unpaired) electrons. The molecule has 1 N–H and O–H groups in total. The minimum atomic E-state index is -1.00. The Hall–Kier alpha value is -4.06. The highest BCUT2D eigenvalue weighted by Crippen LogP contribution is 2.46. The van der Waals surface area contributed by atoms with E-state index >= 15 is 0 Å². The highest BCUT2D eigenvalue weighted by atomic mass is 35.5. The van der Waals surface area contributed by atoms with Crippen molar-refractivity contribution < 1.29 is 28.9 Å². The Morgan fingerprint density at radius 1 is 1.07 bits per heavy atom. The zero-order valence-corrected chi connectivity index (χ0v) is 27.2. The van der Waals surface area contributed by atoms with Crippen LogP contribution in [0.1, 0.15) is 49.1 Å². The van der Waals surface area contributed by atoms with Gasteiger partial charge in [0.2, 0.25) is 5.13 Å². The zero-order valence-electron chi connectivity index (χ0n) is 24.8. The summed E-state index contributed by atoms with van der Waals surface area (Å²) in [5.41, 5.74) is 2.76. The minimum Gasteiger partial charge on any atom is -0.507 e. The monoisotopic (exact) mass is 663 g/mol. The molecule has 4 aromatic rings. The van der Waals surface area contributed by atoms with Crippen molar-refractivity contribution in [3.05, 3.63) is 93.5 Å². The number of halogens is 1. The number of aromatic nitrogens is 2. The Bertz CT molecular complexity index is 1810. The van der Waals surface area contributed by atoms with Gasteiger partial charge in [-0.1, -0.05) is 59.0 Å². The van der Waals surface area contributed by atoms with Crippen LogP contribution in [0.25, 0.3) is 5.76 Å². The maximum atomic E-state index is 13.8. The van der Waals surface area contributed by atoms with Gasteiger partial charge in [-0.2, -0.15) is 0 Å². The van der Waals surface area contributed by atoms with E-state index in [1.54, 1.807) is 36.4 Å². The maximum Gasteiger partial charge on any atom is 0.301 e. The van der Waals surface area contributed by atoms with Gasteiger partial charge in [-0.25, -0.2) is 0 Å². The fourth-order valence-corrected chi connectivity index (χ4v) is 7.57. The van der Waals surface area contributed by atoms with Gasteiger partial charge in [-0.15, -0.1) is 10.2 Å². The number of rotatable bonds is 10. The number of fused-ring (bicyclic) bond motifs is 1. The summed E-state index contributed by atoms with van der Waals surface area (Å²) in [7, 11) is 0. The Balaban J connectivity index is 1.43. The molecule has 6 rings (SSSR count). The van der Waals surface area contributed by atoms with Crippen molar-refractivity contribution in [2.24, 2.45) is 0 Å². The summed E-state index contributed by atoms with van der Waals surface area (Å²) in [5.74, 6) is 0.349. The van der Waals surface area contributed by atoms with Crippen LogP contribution in [0.5, 0.6) is 17.2 Å². The van der Waals surface area contributed by atoms with Crippen LogP contribution in [0.15, 0.2) is 70.6 Å². The third-order valence-corrected chi connectivity index (χ3v) is 9.88. The Morgan fingerprint density at radius 3 is 2.62 bits per heavy atom. The van der Waals surface area contributed by atoms with E-state index < -0.39 is 17.7 Å². The molecule has 12 heteroatoms. The van der Waals surface area contributed by atoms with Crippen LogP contribution in [-0.2, 0) is 21.8 Å². The number of aliphatic hydroxyl groups excluding tert-OH is 1. The number of carbonyl (C=O) groups excluding carboxylic acids is 2. The van der Waals surface area contributed by atoms with Crippen molar-refractivity contribution in [1.82, 2.24) is 10.2 Å². The standard InChI is InChI=1S/C33H30ClN3O6S2/c1-4-41-25-13-10-19(16-26(25)42-5-2)28-27(29(38)20-11-12-24-22(15-20)14-18(3)43-24)30(39)31(40)37(28)32-35-36-33(45-32)44-17-21-8-6-7-9-23(21)34/h6-13,15-16,18,28,38H,4-5,14,17H2,1-3H3/b29-27-. The second-order valence-corrected chi connectivity index (χ2v) is 13.0. The smallest absolute Gasteiger partial charge is 0.301 e. The lowest BCUT2D eigenvalue weighted by Crippen LogP contribution is -2.29. The van der Waals surface area contributed by atoms with Gasteiger partial charge in [0.25, 0.3) is 5.78 Å². The molecule has 1 amide bonds. The molecule has 2 atom stereocenters. The summed E-state index contributed by atoms with van der Waals surface area (Å²) < 4.78 is 18.0. The SMILES string of the molecule is CCOc1ccc(C2/C(=C(/O)c3ccc4c(c3)CC(C)O4)C(=O)C(=O)N2c2nnc(SCc3ccccc3Cl)s2)cc1OCC. The van der Waals surface area contributed by atoms with E-state index in [0.29, 0.717) is 57.4 Å². The maximum absolute atomic E-state index is 13.8. The molecule has 2 unspecified atom stereocenters. The molecule has 1 aromatic heterocycles. The molecule has 0 aliphatic carbocycles. The van der Waals surface area contributed by atoms with Crippen molar-refractivity contribution in [2.45, 2.75) is 49.4 Å². The first kappa shape index (κ1) is 30.9. The second kappa shape index (κ2) is 13.1. The summed E-state index contributed by atoms with van der Waals surface area (Å²) in [6, 6.07) is 17.0. The van der Waals surface area contributed by atoms with E-state index in [-0.39, 0.29) is 22.6 Å². The number of hydrogen-bond acceptors (Lipinski definition) is 10. The lowest BCUT2D eigenvalue weighted by molar-refractivity contribution is -0.132. The molecule has 3 heterocycles. The molecule has 1 saturated heterocycles. The quantitative estimate of drug-likeness (QED) is 0.0617. The molecule has 1 fully saturated rings. The molecule has 45 heavy (non-hydrogen) atoms. The number of carbonyl (C=O) groups is 2. The molecule has 232 valence electrons. The van der Waals surface area contributed by atoms with Gasteiger partial charge < -0.3 is 19.3 Å². The van der Waals surface area contributed by atoms with Crippen LogP contribution >= 0.6 is 34.7 Å². The predicted molar refractivity (Wildman–Crippen MR) is 175 cm³/mol. The van der Waals surface area contributed by atoms with Gasteiger partial charge >= 0.3 is 5.91 Å². The van der Waals surface area contributed by atoms with Crippen LogP contribution < -0.4 is 19.1 Å². The van der Waals surface area contributed by atoms with Crippen LogP contribution in [0.3, 0.4) is 0 Å². The molecule has 2 aliphatic rings. The topological polar surface area (TPSA) is 111 Å². The fourth-order valence-electron chi connectivity index (χ4n) is 5.42. The summed E-state index contributed by atoms with van der Waals surface area (Å²) in [4.78, 5) is 28.8. The summed E-state index contributed by atoms with van der Waals surface area (Å²) >= 11 is 8.94. The molecule has 0 spiro atoms. The van der Waals surface area contributed by atoms with E-state index in [1.165, 1.54) is 28.0 Å². The van der Waals surface area contributed by atoms with E-state index in [0.717, 1.165) is 16.9 Å². The molecule has 0 bridgehead atoms. The summed E-state index contributed by atoms with van der Waals surface area (Å²) in [5, 5.41) is 21.2. The van der Waals surface area contributed by atoms with Gasteiger partial charge in [0.15, 0.2) is 15.8 Å². The van der Waals surface area contributed by atoms with Gasteiger partial charge in [0.1, 0.15) is 17.6 Å². The first-order valence-electron chi connectivity index (χ1n) is 14.5. The third kappa shape index (κ3) is 6.12. The Labute approximate surface area is 273 Å². The molecule has 9 nitrogen and oxygen atoms in total. The average molecular weight is 664 g/mol. The number of Topliss-reactive ketones (excluding diaryl/α,β-unsaturated/α-hetero) is 1. The Morgan fingerprint density at radius 2 is 1.84 bits per heavy atom. The number of thioether (sulfide) groups is 1. The van der Waals surface area contributed by atoms with Gasteiger partial charge in [-0.05, 0) is 73.9 Å². The van der Waals surface area contributed by atoms with Gasteiger partial charge in [0, 0.05) is 22.8 Å². The van der Waals surface area contributed by atoms with Crippen molar-refractivity contribution in [2.75, 3.05) is 18.1 Å². The summed E-state index contributed by atoms with van der Waals surface area (Å²) in [6.07, 6.45) is 0.677. The highest BCUT2D eigenvalue weighted by Gasteiger charge is 2.48. The first-order chi connectivity index (χ1) is 21.8. The van der Waals surface area contributed by atoms with Crippen molar-refractivity contribution >= 4 is 57.3 Å². The number of hydrogen-bond donors (Lipinski definition) is 1. The molecular formula is C33H30ClN3O6S2. The zero-order chi connectivity index (χ0) is 31.7. The van der Waals surface area contributed by atoms with E-state index in [9.17, 15) is 14.7 Å². The number of nitrogens with zero attached hydrogens (tertiary/aromatic N) is 3.